The molecule has 1 heterocycles. The van der Waals surface area contributed by atoms with Crippen LogP contribution in [-0.4, -0.2) is 30.2 Å². The lowest BCUT2D eigenvalue weighted by molar-refractivity contribution is -0.385. The molecule has 27 heavy (non-hydrogen) atoms. The van der Waals surface area contributed by atoms with Gasteiger partial charge in [0.15, 0.2) is 18.1 Å². The molecule has 0 atom stereocenters. The first-order valence-corrected chi connectivity index (χ1v) is 7.73. The van der Waals surface area contributed by atoms with E-state index in [1.807, 2.05) is 0 Å². The van der Waals surface area contributed by atoms with Gasteiger partial charge in [-0.25, -0.2) is 9.18 Å². The first kappa shape index (κ1) is 18.4. The van der Waals surface area contributed by atoms with Crippen LogP contribution in [0.4, 0.5) is 15.8 Å². The zero-order valence-electron chi connectivity index (χ0n) is 13.4. The van der Waals surface area contributed by atoms with Gasteiger partial charge in [0.2, 0.25) is 6.79 Å². The molecule has 0 aromatic heterocycles. The van der Waals surface area contributed by atoms with Gasteiger partial charge in [0.1, 0.15) is 11.4 Å². The Hall–Kier alpha value is -3.40. The van der Waals surface area contributed by atoms with Crippen molar-refractivity contribution in [2.45, 2.75) is 0 Å². The van der Waals surface area contributed by atoms with E-state index in [1.54, 1.807) is 0 Å². The minimum absolute atomic E-state index is 0.120. The SMILES string of the molecule is O=C(COC(=O)c1cc2c(cc1[N+](=O)[O-])OCO2)Nc1ccc(Cl)cc1F. The fourth-order valence-electron chi connectivity index (χ4n) is 2.23. The Morgan fingerprint density at radius 3 is 2.63 bits per heavy atom. The number of anilines is 1. The van der Waals surface area contributed by atoms with Crippen LogP contribution in [0.1, 0.15) is 10.4 Å². The van der Waals surface area contributed by atoms with Crippen molar-refractivity contribution in [2.24, 2.45) is 0 Å². The molecule has 0 radical (unpaired) electrons. The van der Waals surface area contributed by atoms with Crippen molar-refractivity contribution in [1.29, 1.82) is 0 Å². The minimum Gasteiger partial charge on any atom is -0.454 e. The molecule has 0 saturated heterocycles. The van der Waals surface area contributed by atoms with E-state index >= 15 is 0 Å². The molecule has 1 aliphatic rings. The van der Waals surface area contributed by atoms with E-state index in [9.17, 15) is 24.1 Å². The highest BCUT2D eigenvalue weighted by molar-refractivity contribution is 6.30. The summed E-state index contributed by atoms with van der Waals surface area (Å²) in [7, 11) is 0. The molecule has 9 nitrogen and oxygen atoms in total. The van der Waals surface area contributed by atoms with E-state index in [2.05, 4.69) is 5.32 Å². The number of ether oxygens (including phenoxy) is 3. The van der Waals surface area contributed by atoms with Crippen LogP contribution in [-0.2, 0) is 9.53 Å². The second kappa shape index (κ2) is 7.46. The average molecular weight is 397 g/mol. The molecule has 0 spiro atoms. The molecule has 0 fully saturated rings. The van der Waals surface area contributed by atoms with Crippen molar-refractivity contribution in [3.05, 3.63) is 56.8 Å². The number of hydrogen-bond donors (Lipinski definition) is 1. The van der Waals surface area contributed by atoms with Gasteiger partial charge in [0.05, 0.1) is 16.7 Å². The van der Waals surface area contributed by atoms with Crippen LogP contribution in [0, 0.1) is 15.9 Å². The Bertz CT molecular complexity index is 951. The average Bonchev–Trinajstić information content (AvgIpc) is 3.08. The van der Waals surface area contributed by atoms with Gasteiger partial charge in [-0.2, -0.15) is 0 Å². The summed E-state index contributed by atoms with van der Waals surface area (Å²) in [6.07, 6.45) is 0. The van der Waals surface area contributed by atoms with Crippen LogP contribution in [0.5, 0.6) is 11.5 Å². The molecule has 0 unspecified atom stereocenters. The molecule has 3 rings (SSSR count). The number of nitrogens with one attached hydrogen (secondary N) is 1. The predicted octanol–water partition coefficient (Wildman–Crippen LogP) is 2.91. The standard InChI is InChI=1S/C16H10ClFN2O7/c17-8-1-2-11(10(18)3-8)19-15(21)6-25-16(22)9-4-13-14(27-7-26-13)5-12(9)20(23)24/h1-5H,6-7H2,(H,19,21). The molecular weight excluding hydrogens is 387 g/mol. The van der Waals surface area contributed by atoms with Crippen LogP contribution >= 0.6 is 11.6 Å². The number of halogens is 2. The molecular formula is C16H10ClFN2O7. The normalized spacial score (nSPS) is 11.8. The van der Waals surface area contributed by atoms with Crippen LogP contribution in [0.25, 0.3) is 0 Å². The summed E-state index contributed by atoms with van der Waals surface area (Å²) in [4.78, 5) is 34.3. The Morgan fingerprint density at radius 1 is 1.26 bits per heavy atom. The predicted molar refractivity (Wildman–Crippen MR) is 89.5 cm³/mol. The Labute approximate surface area is 155 Å². The third-order valence-corrected chi connectivity index (χ3v) is 3.68. The van der Waals surface area contributed by atoms with E-state index in [1.165, 1.54) is 12.1 Å². The lowest BCUT2D eigenvalue weighted by Crippen LogP contribution is -2.21. The van der Waals surface area contributed by atoms with E-state index in [0.717, 1.165) is 18.2 Å². The van der Waals surface area contributed by atoms with Crippen molar-refractivity contribution in [2.75, 3.05) is 18.7 Å². The third kappa shape index (κ3) is 4.06. The topological polar surface area (TPSA) is 117 Å². The minimum atomic E-state index is -1.12. The van der Waals surface area contributed by atoms with Gasteiger partial charge in [-0.15, -0.1) is 0 Å². The lowest BCUT2D eigenvalue weighted by Gasteiger charge is -2.08. The quantitative estimate of drug-likeness (QED) is 0.469. The van der Waals surface area contributed by atoms with Crippen molar-refractivity contribution < 1.29 is 33.1 Å². The summed E-state index contributed by atoms with van der Waals surface area (Å²) in [6, 6.07) is 5.73. The molecule has 1 N–H and O–H groups in total. The number of fused-ring (bicyclic) bond motifs is 1. The van der Waals surface area contributed by atoms with Crippen molar-refractivity contribution in [3.8, 4) is 11.5 Å². The molecule has 140 valence electrons. The largest absolute Gasteiger partial charge is 0.454 e. The van der Waals surface area contributed by atoms with Gasteiger partial charge in [0.25, 0.3) is 11.6 Å². The maximum atomic E-state index is 13.6. The van der Waals surface area contributed by atoms with E-state index in [-0.39, 0.29) is 29.0 Å². The second-order valence-corrected chi connectivity index (χ2v) is 5.66. The number of nitro benzene ring substituents is 1. The number of rotatable bonds is 5. The molecule has 0 saturated carbocycles. The number of esters is 1. The van der Waals surface area contributed by atoms with E-state index in [4.69, 9.17) is 25.8 Å². The Balaban J connectivity index is 1.69. The highest BCUT2D eigenvalue weighted by atomic mass is 35.5. The van der Waals surface area contributed by atoms with Crippen LogP contribution in [0.2, 0.25) is 5.02 Å². The first-order valence-electron chi connectivity index (χ1n) is 7.35. The highest BCUT2D eigenvalue weighted by Gasteiger charge is 2.28. The van der Waals surface area contributed by atoms with Gasteiger partial charge < -0.3 is 19.5 Å². The summed E-state index contributed by atoms with van der Waals surface area (Å²) in [5, 5.41) is 13.5. The monoisotopic (exact) mass is 396 g/mol. The molecule has 2 aromatic carbocycles. The van der Waals surface area contributed by atoms with Crippen LogP contribution in [0.15, 0.2) is 30.3 Å². The number of benzene rings is 2. The number of carbonyl (C=O) groups excluding carboxylic acids is 2. The molecule has 2 aromatic rings. The molecule has 1 amide bonds. The summed E-state index contributed by atoms with van der Waals surface area (Å²) < 4.78 is 28.5. The summed E-state index contributed by atoms with van der Waals surface area (Å²) in [6.45, 7) is -0.924. The van der Waals surface area contributed by atoms with Crippen LogP contribution in [0.3, 0.4) is 0 Å². The number of nitro groups is 1. The number of hydrogen-bond acceptors (Lipinski definition) is 7. The number of carbonyl (C=O) groups is 2. The highest BCUT2D eigenvalue weighted by Crippen LogP contribution is 2.38. The Morgan fingerprint density at radius 2 is 1.96 bits per heavy atom. The third-order valence-electron chi connectivity index (χ3n) is 3.45. The lowest BCUT2D eigenvalue weighted by atomic mass is 10.1. The zero-order valence-corrected chi connectivity index (χ0v) is 14.1. The number of amides is 1. The number of nitrogens with zero attached hydrogens (tertiary/aromatic N) is 1. The fourth-order valence-corrected chi connectivity index (χ4v) is 2.39. The molecule has 11 heteroatoms. The van der Waals surface area contributed by atoms with Crippen molar-refractivity contribution in [1.82, 2.24) is 0 Å². The summed E-state index contributed by atoms with van der Waals surface area (Å²) in [5.41, 5.74) is -1.13. The van der Waals surface area contributed by atoms with E-state index < -0.39 is 40.5 Å². The maximum absolute atomic E-state index is 13.6. The van der Waals surface area contributed by atoms with Gasteiger partial charge in [0, 0.05) is 11.1 Å². The summed E-state index contributed by atoms with van der Waals surface area (Å²) >= 11 is 5.61. The van der Waals surface area contributed by atoms with Gasteiger partial charge in [-0.1, -0.05) is 11.6 Å². The molecule has 0 aliphatic carbocycles. The van der Waals surface area contributed by atoms with Crippen molar-refractivity contribution >= 4 is 34.9 Å². The summed E-state index contributed by atoms with van der Waals surface area (Å²) in [5.74, 6) is -2.47. The fraction of sp³-hybridized carbons (Fsp3) is 0.125. The van der Waals surface area contributed by atoms with Gasteiger partial charge >= 0.3 is 5.97 Å². The van der Waals surface area contributed by atoms with Crippen LogP contribution < -0.4 is 14.8 Å². The maximum Gasteiger partial charge on any atom is 0.345 e. The van der Waals surface area contributed by atoms with Crippen molar-refractivity contribution in [3.63, 3.8) is 0 Å². The van der Waals surface area contributed by atoms with Gasteiger partial charge in [-0.3, -0.25) is 14.9 Å². The molecule has 0 bridgehead atoms. The Kier molecular flexibility index (Phi) is 5.08. The zero-order chi connectivity index (χ0) is 19.6. The second-order valence-electron chi connectivity index (χ2n) is 5.23. The van der Waals surface area contributed by atoms with Gasteiger partial charge in [-0.05, 0) is 18.2 Å². The smallest absolute Gasteiger partial charge is 0.345 e. The molecule has 1 aliphatic heterocycles. The first-order chi connectivity index (χ1) is 12.8. The van der Waals surface area contributed by atoms with E-state index in [0.29, 0.717) is 0 Å².